The Morgan fingerprint density at radius 3 is 2.63 bits per heavy atom. The standard InChI is InChI=1S/C21H25N5O/c1-15-5-7-17(8-6-15)9-10-22-21(27)18-13-19-20(25-11-3-4-12-25)23-16(2)14-26(19)24-18/h5-8,13-14H,3-4,9-12H2,1-2H3,(H,22,27). The number of benzene rings is 1. The monoisotopic (exact) mass is 363 g/mol. The number of nitrogens with zero attached hydrogens (tertiary/aromatic N) is 4. The molecule has 0 radical (unpaired) electrons. The van der Waals surface area contributed by atoms with Gasteiger partial charge in [-0.25, -0.2) is 9.50 Å². The second-order valence-electron chi connectivity index (χ2n) is 7.25. The highest BCUT2D eigenvalue weighted by Crippen LogP contribution is 2.24. The summed E-state index contributed by atoms with van der Waals surface area (Å²) in [6, 6.07) is 10.2. The van der Waals surface area contributed by atoms with E-state index in [4.69, 9.17) is 4.98 Å². The number of carbonyl (C=O) groups excluding carboxylic acids is 1. The highest BCUT2D eigenvalue weighted by Gasteiger charge is 2.20. The summed E-state index contributed by atoms with van der Waals surface area (Å²) >= 11 is 0. The quantitative estimate of drug-likeness (QED) is 0.757. The van der Waals surface area contributed by atoms with Crippen LogP contribution < -0.4 is 10.2 Å². The lowest BCUT2D eigenvalue weighted by Crippen LogP contribution is -2.26. The number of hydrogen-bond acceptors (Lipinski definition) is 4. The van der Waals surface area contributed by atoms with Gasteiger partial charge in [-0.2, -0.15) is 5.10 Å². The van der Waals surface area contributed by atoms with Gasteiger partial charge in [0.25, 0.3) is 5.91 Å². The molecule has 2 aromatic heterocycles. The van der Waals surface area contributed by atoms with Gasteiger partial charge in [-0.3, -0.25) is 4.79 Å². The molecule has 1 aliphatic rings. The molecular weight excluding hydrogens is 338 g/mol. The largest absolute Gasteiger partial charge is 0.355 e. The molecule has 1 N–H and O–H groups in total. The normalized spacial score (nSPS) is 14.1. The Hall–Kier alpha value is -2.89. The molecular formula is C21H25N5O. The summed E-state index contributed by atoms with van der Waals surface area (Å²) in [6.07, 6.45) is 5.04. The zero-order valence-electron chi connectivity index (χ0n) is 15.9. The van der Waals surface area contributed by atoms with Crippen LogP contribution >= 0.6 is 0 Å². The zero-order chi connectivity index (χ0) is 18.8. The maximum absolute atomic E-state index is 12.6. The fourth-order valence-electron chi connectivity index (χ4n) is 3.53. The van der Waals surface area contributed by atoms with Crippen molar-refractivity contribution in [3.8, 4) is 0 Å². The summed E-state index contributed by atoms with van der Waals surface area (Å²) in [5.74, 6) is 0.787. The summed E-state index contributed by atoms with van der Waals surface area (Å²) in [5.41, 5.74) is 4.69. The van der Waals surface area contributed by atoms with Crippen LogP contribution in [0.1, 0.15) is 40.2 Å². The Labute approximate surface area is 159 Å². The molecule has 4 rings (SSSR count). The van der Waals surface area contributed by atoms with Crippen LogP contribution in [0.4, 0.5) is 5.82 Å². The smallest absolute Gasteiger partial charge is 0.271 e. The first-order valence-corrected chi connectivity index (χ1v) is 9.56. The number of rotatable bonds is 5. The number of hydrogen-bond donors (Lipinski definition) is 1. The molecule has 0 saturated carbocycles. The second-order valence-corrected chi connectivity index (χ2v) is 7.25. The Morgan fingerprint density at radius 2 is 1.89 bits per heavy atom. The first-order valence-electron chi connectivity index (χ1n) is 9.56. The van der Waals surface area contributed by atoms with Crippen molar-refractivity contribution in [2.45, 2.75) is 33.1 Å². The van der Waals surface area contributed by atoms with E-state index < -0.39 is 0 Å². The third-order valence-corrected chi connectivity index (χ3v) is 5.01. The van der Waals surface area contributed by atoms with Crippen molar-refractivity contribution in [1.29, 1.82) is 0 Å². The van der Waals surface area contributed by atoms with Gasteiger partial charge >= 0.3 is 0 Å². The summed E-state index contributed by atoms with van der Waals surface area (Å²) in [6.45, 7) is 6.64. The van der Waals surface area contributed by atoms with E-state index >= 15 is 0 Å². The molecule has 6 heteroatoms. The molecule has 1 fully saturated rings. The lowest BCUT2D eigenvalue weighted by molar-refractivity contribution is 0.0949. The average Bonchev–Trinajstić information content (AvgIpc) is 3.32. The number of fused-ring (bicyclic) bond motifs is 1. The molecule has 0 spiro atoms. The molecule has 3 heterocycles. The fourth-order valence-corrected chi connectivity index (χ4v) is 3.53. The SMILES string of the molecule is Cc1ccc(CCNC(=O)c2cc3c(N4CCCC4)nc(C)cn3n2)cc1. The van der Waals surface area contributed by atoms with Crippen molar-refractivity contribution >= 4 is 17.2 Å². The number of nitrogens with one attached hydrogen (secondary N) is 1. The highest BCUT2D eigenvalue weighted by molar-refractivity contribution is 5.94. The minimum absolute atomic E-state index is 0.143. The van der Waals surface area contributed by atoms with E-state index in [1.165, 1.54) is 24.0 Å². The summed E-state index contributed by atoms with van der Waals surface area (Å²) < 4.78 is 1.78. The zero-order valence-corrected chi connectivity index (χ0v) is 15.9. The topological polar surface area (TPSA) is 62.5 Å². The van der Waals surface area contributed by atoms with Gasteiger partial charge in [-0.05, 0) is 38.7 Å². The van der Waals surface area contributed by atoms with Crippen LogP contribution in [0.25, 0.3) is 5.52 Å². The van der Waals surface area contributed by atoms with Crippen LogP contribution in [0, 0.1) is 13.8 Å². The van der Waals surface area contributed by atoms with Gasteiger partial charge in [0.1, 0.15) is 5.52 Å². The van der Waals surface area contributed by atoms with Crippen molar-refractivity contribution in [1.82, 2.24) is 19.9 Å². The average molecular weight is 363 g/mol. The van der Waals surface area contributed by atoms with Crippen molar-refractivity contribution in [2.75, 3.05) is 24.5 Å². The lowest BCUT2D eigenvalue weighted by atomic mass is 10.1. The first kappa shape index (κ1) is 17.5. The van der Waals surface area contributed by atoms with E-state index in [-0.39, 0.29) is 5.91 Å². The summed E-state index contributed by atoms with van der Waals surface area (Å²) in [4.78, 5) is 19.5. The Balaban J connectivity index is 1.48. The minimum Gasteiger partial charge on any atom is -0.355 e. The Morgan fingerprint density at radius 1 is 1.15 bits per heavy atom. The van der Waals surface area contributed by atoms with E-state index in [2.05, 4.69) is 46.5 Å². The first-order chi connectivity index (χ1) is 13.1. The van der Waals surface area contributed by atoms with Crippen LogP contribution in [0.2, 0.25) is 0 Å². The lowest BCUT2D eigenvalue weighted by Gasteiger charge is -2.17. The van der Waals surface area contributed by atoms with Gasteiger partial charge in [0.2, 0.25) is 0 Å². The van der Waals surface area contributed by atoms with Gasteiger partial charge in [-0.15, -0.1) is 0 Å². The van der Waals surface area contributed by atoms with E-state index in [0.29, 0.717) is 12.2 Å². The molecule has 1 aliphatic heterocycles. The molecule has 140 valence electrons. The molecule has 0 aliphatic carbocycles. The number of carbonyl (C=O) groups is 1. The maximum atomic E-state index is 12.6. The molecule has 0 atom stereocenters. The predicted molar refractivity (Wildman–Crippen MR) is 106 cm³/mol. The third-order valence-electron chi connectivity index (χ3n) is 5.01. The summed E-state index contributed by atoms with van der Waals surface area (Å²) in [5, 5.41) is 7.46. The molecule has 1 saturated heterocycles. The number of aryl methyl sites for hydroxylation is 2. The van der Waals surface area contributed by atoms with Gasteiger partial charge < -0.3 is 10.2 Å². The molecule has 0 bridgehead atoms. The van der Waals surface area contributed by atoms with E-state index in [0.717, 1.165) is 36.5 Å². The van der Waals surface area contributed by atoms with Crippen molar-refractivity contribution in [3.63, 3.8) is 0 Å². The number of amides is 1. The van der Waals surface area contributed by atoms with Crippen LogP contribution in [0.15, 0.2) is 36.5 Å². The van der Waals surface area contributed by atoms with Gasteiger partial charge in [-0.1, -0.05) is 29.8 Å². The van der Waals surface area contributed by atoms with Crippen molar-refractivity contribution in [2.24, 2.45) is 0 Å². The van der Waals surface area contributed by atoms with Gasteiger partial charge in [0.05, 0.1) is 11.9 Å². The Bertz CT molecular complexity index is 955. The van der Waals surface area contributed by atoms with Crippen LogP contribution in [0.5, 0.6) is 0 Å². The minimum atomic E-state index is -0.143. The molecule has 27 heavy (non-hydrogen) atoms. The number of anilines is 1. The Kier molecular flexibility index (Phi) is 4.79. The molecule has 3 aromatic rings. The highest BCUT2D eigenvalue weighted by atomic mass is 16.1. The summed E-state index contributed by atoms with van der Waals surface area (Å²) in [7, 11) is 0. The van der Waals surface area contributed by atoms with E-state index in [9.17, 15) is 4.79 Å². The van der Waals surface area contributed by atoms with Gasteiger partial charge in [0, 0.05) is 25.7 Å². The van der Waals surface area contributed by atoms with E-state index in [1.807, 2.05) is 19.2 Å². The third kappa shape index (κ3) is 3.79. The molecule has 1 amide bonds. The predicted octanol–water partition coefficient (Wildman–Crippen LogP) is 2.92. The molecule has 1 aromatic carbocycles. The number of aromatic nitrogens is 3. The second kappa shape index (κ2) is 7.39. The van der Waals surface area contributed by atoms with Crippen LogP contribution in [-0.2, 0) is 6.42 Å². The van der Waals surface area contributed by atoms with Crippen molar-refractivity contribution in [3.05, 3.63) is 59.0 Å². The van der Waals surface area contributed by atoms with Gasteiger partial charge in [0.15, 0.2) is 11.5 Å². The van der Waals surface area contributed by atoms with Crippen molar-refractivity contribution < 1.29 is 4.79 Å². The van der Waals surface area contributed by atoms with Crippen LogP contribution in [-0.4, -0.2) is 40.1 Å². The fraction of sp³-hybridized carbons (Fsp3) is 0.381. The molecule has 6 nitrogen and oxygen atoms in total. The maximum Gasteiger partial charge on any atom is 0.271 e. The van der Waals surface area contributed by atoms with Crippen LogP contribution in [0.3, 0.4) is 0 Å². The molecule has 0 unspecified atom stereocenters. The van der Waals surface area contributed by atoms with E-state index in [1.54, 1.807) is 4.52 Å².